The summed E-state index contributed by atoms with van der Waals surface area (Å²) < 4.78 is 0. The molecule has 0 bridgehead atoms. The highest BCUT2D eigenvalue weighted by atomic mass is 15.2. The van der Waals surface area contributed by atoms with Gasteiger partial charge in [-0.3, -0.25) is 4.90 Å². The summed E-state index contributed by atoms with van der Waals surface area (Å²) in [5.74, 6) is 1.48. The average Bonchev–Trinajstić information content (AvgIpc) is 2.42. The van der Waals surface area contributed by atoms with E-state index >= 15 is 0 Å². The molecule has 0 saturated carbocycles. The van der Waals surface area contributed by atoms with Crippen LogP contribution in [0.1, 0.15) is 52.1 Å². The highest BCUT2D eigenvalue weighted by molar-refractivity contribution is 5.19. The van der Waals surface area contributed by atoms with Crippen molar-refractivity contribution in [3.05, 3.63) is 35.9 Å². The Morgan fingerprint density at radius 3 is 1.80 bits per heavy atom. The number of hydrogen-bond donors (Lipinski definition) is 1. The topological polar surface area (TPSA) is 29.3 Å². The maximum absolute atomic E-state index is 6.08. The molecule has 0 amide bonds. The Kier molecular flexibility index (Phi) is 7.86. The predicted octanol–water partition coefficient (Wildman–Crippen LogP) is 4.08. The fourth-order valence-electron chi connectivity index (χ4n) is 2.44. The van der Waals surface area contributed by atoms with Crippen LogP contribution in [0, 0.1) is 11.8 Å². The van der Waals surface area contributed by atoms with Gasteiger partial charge in [-0.25, -0.2) is 0 Å². The summed E-state index contributed by atoms with van der Waals surface area (Å²) in [5, 5.41) is 0. The Hall–Kier alpha value is -0.860. The van der Waals surface area contributed by atoms with Crippen molar-refractivity contribution in [1.29, 1.82) is 0 Å². The zero-order chi connectivity index (χ0) is 15.0. The molecule has 114 valence electrons. The summed E-state index contributed by atoms with van der Waals surface area (Å²) in [4.78, 5) is 2.58. The molecule has 0 spiro atoms. The Balaban J connectivity index is 2.76. The van der Waals surface area contributed by atoms with Crippen LogP contribution in [-0.2, 0) is 0 Å². The molecule has 0 aliphatic heterocycles. The first-order valence-electron chi connectivity index (χ1n) is 8.03. The van der Waals surface area contributed by atoms with Gasteiger partial charge < -0.3 is 5.73 Å². The molecule has 0 heterocycles. The van der Waals surface area contributed by atoms with Crippen molar-refractivity contribution in [3.63, 3.8) is 0 Å². The lowest BCUT2D eigenvalue weighted by Gasteiger charge is -2.32. The molecule has 1 aromatic carbocycles. The van der Waals surface area contributed by atoms with Gasteiger partial charge in [-0.05, 0) is 43.3 Å². The smallest absolute Gasteiger partial charge is 0.0470 e. The Morgan fingerprint density at radius 1 is 0.900 bits per heavy atom. The molecule has 0 fully saturated rings. The molecule has 1 rings (SSSR count). The summed E-state index contributed by atoms with van der Waals surface area (Å²) in [7, 11) is 0. The number of rotatable bonds is 9. The molecule has 2 N–H and O–H groups in total. The van der Waals surface area contributed by atoms with Crippen LogP contribution in [0.5, 0.6) is 0 Å². The SMILES string of the molecule is CC(C)CCN(CCC(C)C)C(CN)c1ccccc1. The van der Waals surface area contributed by atoms with E-state index in [2.05, 4.69) is 62.9 Å². The third-order valence-corrected chi connectivity index (χ3v) is 3.84. The van der Waals surface area contributed by atoms with Crippen molar-refractivity contribution in [2.45, 2.75) is 46.6 Å². The van der Waals surface area contributed by atoms with E-state index in [1.807, 2.05) is 0 Å². The van der Waals surface area contributed by atoms with Gasteiger partial charge in [0.05, 0.1) is 0 Å². The zero-order valence-corrected chi connectivity index (χ0v) is 13.7. The van der Waals surface area contributed by atoms with Gasteiger partial charge in [0.15, 0.2) is 0 Å². The lowest BCUT2D eigenvalue weighted by atomic mass is 10.0. The summed E-state index contributed by atoms with van der Waals surface area (Å²) in [6.45, 7) is 12.1. The summed E-state index contributed by atoms with van der Waals surface area (Å²) in [6, 6.07) is 11.1. The first-order valence-corrected chi connectivity index (χ1v) is 8.03. The second-order valence-electron chi connectivity index (χ2n) is 6.56. The van der Waals surface area contributed by atoms with Gasteiger partial charge in [0.1, 0.15) is 0 Å². The van der Waals surface area contributed by atoms with E-state index in [-0.39, 0.29) is 0 Å². The highest BCUT2D eigenvalue weighted by Crippen LogP contribution is 2.21. The van der Waals surface area contributed by atoms with Gasteiger partial charge in [0.25, 0.3) is 0 Å². The van der Waals surface area contributed by atoms with E-state index in [9.17, 15) is 0 Å². The van der Waals surface area contributed by atoms with Gasteiger partial charge in [0, 0.05) is 12.6 Å². The molecule has 2 heteroatoms. The number of hydrogen-bond acceptors (Lipinski definition) is 2. The fraction of sp³-hybridized carbons (Fsp3) is 0.667. The first kappa shape index (κ1) is 17.2. The largest absolute Gasteiger partial charge is 0.329 e. The van der Waals surface area contributed by atoms with E-state index in [1.54, 1.807) is 0 Å². The third-order valence-electron chi connectivity index (χ3n) is 3.84. The van der Waals surface area contributed by atoms with Crippen LogP contribution in [0.25, 0.3) is 0 Å². The van der Waals surface area contributed by atoms with Crippen LogP contribution >= 0.6 is 0 Å². The number of benzene rings is 1. The van der Waals surface area contributed by atoms with Crippen molar-refractivity contribution in [2.75, 3.05) is 19.6 Å². The Morgan fingerprint density at radius 2 is 1.40 bits per heavy atom. The molecule has 2 nitrogen and oxygen atoms in total. The minimum Gasteiger partial charge on any atom is -0.329 e. The van der Waals surface area contributed by atoms with E-state index < -0.39 is 0 Å². The molecule has 1 aromatic rings. The second-order valence-corrected chi connectivity index (χ2v) is 6.56. The van der Waals surface area contributed by atoms with Crippen LogP contribution in [0.3, 0.4) is 0 Å². The Labute approximate surface area is 125 Å². The maximum Gasteiger partial charge on any atom is 0.0470 e. The average molecular weight is 276 g/mol. The number of nitrogens with zero attached hydrogens (tertiary/aromatic N) is 1. The molecular formula is C18H32N2. The number of nitrogens with two attached hydrogens (primary N) is 1. The summed E-state index contributed by atoms with van der Waals surface area (Å²) >= 11 is 0. The quantitative estimate of drug-likeness (QED) is 0.736. The van der Waals surface area contributed by atoms with E-state index in [0.29, 0.717) is 12.6 Å². The van der Waals surface area contributed by atoms with Crippen molar-refractivity contribution in [1.82, 2.24) is 4.90 Å². The van der Waals surface area contributed by atoms with Crippen molar-refractivity contribution in [2.24, 2.45) is 17.6 Å². The third kappa shape index (κ3) is 6.06. The van der Waals surface area contributed by atoms with Gasteiger partial charge in [-0.2, -0.15) is 0 Å². The summed E-state index contributed by atoms with van der Waals surface area (Å²) in [5.41, 5.74) is 7.43. The first-order chi connectivity index (χ1) is 9.54. The molecular weight excluding hydrogens is 244 g/mol. The van der Waals surface area contributed by atoms with Crippen molar-refractivity contribution in [3.8, 4) is 0 Å². The monoisotopic (exact) mass is 276 g/mol. The lowest BCUT2D eigenvalue weighted by molar-refractivity contribution is 0.181. The molecule has 0 radical (unpaired) electrons. The molecule has 1 unspecified atom stereocenters. The lowest BCUT2D eigenvalue weighted by Crippen LogP contribution is -2.36. The second kappa shape index (κ2) is 9.15. The molecule has 0 aliphatic carbocycles. The van der Waals surface area contributed by atoms with Gasteiger partial charge in [0.2, 0.25) is 0 Å². The van der Waals surface area contributed by atoms with E-state index in [1.165, 1.54) is 18.4 Å². The molecule has 1 atom stereocenters. The zero-order valence-electron chi connectivity index (χ0n) is 13.7. The molecule has 20 heavy (non-hydrogen) atoms. The van der Waals surface area contributed by atoms with Crippen LogP contribution in [0.4, 0.5) is 0 Å². The van der Waals surface area contributed by atoms with Gasteiger partial charge in [-0.15, -0.1) is 0 Å². The van der Waals surface area contributed by atoms with Gasteiger partial charge in [-0.1, -0.05) is 58.0 Å². The fourth-order valence-corrected chi connectivity index (χ4v) is 2.44. The summed E-state index contributed by atoms with van der Waals surface area (Å²) in [6.07, 6.45) is 2.48. The standard InChI is InChI=1S/C18H32N2/c1-15(2)10-12-20(13-11-16(3)4)18(14-19)17-8-6-5-7-9-17/h5-9,15-16,18H,10-14,19H2,1-4H3. The maximum atomic E-state index is 6.08. The van der Waals surface area contributed by atoms with Crippen molar-refractivity contribution < 1.29 is 0 Å². The normalized spacial score (nSPS) is 13.4. The molecule has 0 aromatic heterocycles. The highest BCUT2D eigenvalue weighted by Gasteiger charge is 2.19. The molecule has 0 saturated heterocycles. The predicted molar refractivity (Wildman–Crippen MR) is 88.7 cm³/mol. The van der Waals surface area contributed by atoms with Crippen LogP contribution in [-0.4, -0.2) is 24.5 Å². The van der Waals surface area contributed by atoms with Crippen LogP contribution < -0.4 is 5.73 Å². The van der Waals surface area contributed by atoms with E-state index in [4.69, 9.17) is 5.73 Å². The minimum absolute atomic E-state index is 0.355. The van der Waals surface area contributed by atoms with E-state index in [0.717, 1.165) is 24.9 Å². The van der Waals surface area contributed by atoms with Crippen LogP contribution in [0.15, 0.2) is 30.3 Å². The minimum atomic E-state index is 0.355. The van der Waals surface area contributed by atoms with Gasteiger partial charge >= 0.3 is 0 Å². The van der Waals surface area contributed by atoms with Crippen molar-refractivity contribution >= 4 is 0 Å². The van der Waals surface area contributed by atoms with Crippen LogP contribution in [0.2, 0.25) is 0 Å². The Bertz CT molecular complexity index is 334. The molecule has 0 aliphatic rings.